The fourth-order valence-electron chi connectivity index (χ4n) is 3.00. The third-order valence-corrected chi connectivity index (χ3v) is 4.61. The van der Waals surface area contributed by atoms with Gasteiger partial charge in [0, 0.05) is 12.1 Å². The number of aryl methyl sites for hydroxylation is 2. The lowest BCUT2D eigenvalue weighted by Crippen LogP contribution is -2.31. The maximum atomic E-state index is 12.5. The van der Waals surface area contributed by atoms with Gasteiger partial charge in [-0.3, -0.25) is 4.79 Å². The predicted molar refractivity (Wildman–Crippen MR) is 94.3 cm³/mol. The summed E-state index contributed by atoms with van der Waals surface area (Å²) in [6.45, 7) is 4.87. The van der Waals surface area contributed by atoms with Crippen molar-refractivity contribution < 1.29 is 19.4 Å². The first-order chi connectivity index (χ1) is 12.0. The van der Waals surface area contributed by atoms with Crippen LogP contribution in [0.3, 0.4) is 0 Å². The molecule has 0 radical (unpaired) electrons. The number of hydrogen-bond acceptors (Lipinski definition) is 3. The number of nitrogens with one attached hydrogen (secondary N) is 1. The van der Waals surface area contributed by atoms with Crippen molar-refractivity contribution in [1.82, 2.24) is 5.32 Å². The number of hydrogen-bond donors (Lipinski definition) is 2. The second-order valence-corrected chi connectivity index (χ2v) is 6.38. The molecular formula is C20H21NO4. The molecule has 2 N–H and O–H groups in total. The van der Waals surface area contributed by atoms with Crippen LogP contribution >= 0.6 is 0 Å². The van der Waals surface area contributed by atoms with Gasteiger partial charge in [-0.25, -0.2) is 4.79 Å². The lowest BCUT2D eigenvalue weighted by Gasteiger charge is -2.11. The third-order valence-electron chi connectivity index (χ3n) is 4.61. The first-order valence-electron chi connectivity index (χ1n) is 8.29. The molecule has 25 heavy (non-hydrogen) atoms. The van der Waals surface area contributed by atoms with Gasteiger partial charge in [-0.15, -0.1) is 0 Å². The van der Waals surface area contributed by atoms with Crippen molar-refractivity contribution in [2.75, 3.05) is 13.2 Å². The quantitative estimate of drug-likeness (QED) is 0.878. The molecule has 1 atom stereocenters. The van der Waals surface area contributed by atoms with Crippen LogP contribution in [0.4, 0.5) is 0 Å². The monoisotopic (exact) mass is 339 g/mol. The van der Waals surface area contributed by atoms with E-state index in [0.29, 0.717) is 19.6 Å². The van der Waals surface area contributed by atoms with Crippen molar-refractivity contribution in [1.29, 1.82) is 0 Å². The van der Waals surface area contributed by atoms with E-state index in [4.69, 9.17) is 9.84 Å². The van der Waals surface area contributed by atoms with Crippen LogP contribution in [-0.4, -0.2) is 30.1 Å². The maximum absolute atomic E-state index is 12.5. The highest BCUT2D eigenvalue weighted by Crippen LogP contribution is 2.36. The van der Waals surface area contributed by atoms with E-state index >= 15 is 0 Å². The van der Waals surface area contributed by atoms with E-state index in [2.05, 4.69) is 5.32 Å². The Kier molecular flexibility index (Phi) is 4.74. The van der Waals surface area contributed by atoms with Crippen LogP contribution < -0.4 is 10.1 Å². The van der Waals surface area contributed by atoms with E-state index in [0.717, 1.165) is 28.0 Å². The number of rotatable bonds is 5. The minimum absolute atomic E-state index is 0.0589. The second-order valence-electron chi connectivity index (χ2n) is 6.38. The number of carbonyl (C=O) groups is 2. The molecule has 0 fully saturated rings. The molecule has 5 nitrogen and oxygen atoms in total. The lowest BCUT2D eigenvalue weighted by atomic mass is 9.96. The van der Waals surface area contributed by atoms with Gasteiger partial charge in [0.05, 0.1) is 5.56 Å². The number of aromatic carboxylic acids is 1. The number of amides is 1. The number of ether oxygens (including phenoxy) is 1. The first-order valence-corrected chi connectivity index (χ1v) is 8.29. The third kappa shape index (κ3) is 3.65. The zero-order valence-electron chi connectivity index (χ0n) is 14.3. The summed E-state index contributed by atoms with van der Waals surface area (Å²) in [5, 5.41) is 11.9. The van der Waals surface area contributed by atoms with Gasteiger partial charge in [0.15, 0.2) is 0 Å². The highest BCUT2D eigenvalue weighted by atomic mass is 16.5. The van der Waals surface area contributed by atoms with Crippen molar-refractivity contribution in [3.05, 3.63) is 64.2 Å². The van der Waals surface area contributed by atoms with Crippen LogP contribution in [-0.2, 0) is 11.2 Å². The molecule has 1 unspecified atom stereocenters. The Morgan fingerprint density at radius 3 is 2.72 bits per heavy atom. The molecular weight excluding hydrogens is 318 g/mol. The Morgan fingerprint density at radius 2 is 1.96 bits per heavy atom. The first kappa shape index (κ1) is 17.0. The Morgan fingerprint density at radius 1 is 1.20 bits per heavy atom. The van der Waals surface area contributed by atoms with E-state index in [9.17, 15) is 9.59 Å². The normalized spacial score (nSPS) is 15.4. The van der Waals surface area contributed by atoms with Crippen LogP contribution in [0.5, 0.6) is 5.75 Å². The summed E-state index contributed by atoms with van der Waals surface area (Å²) in [5.41, 5.74) is 4.38. The van der Waals surface area contributed by atoms with Gasteiger partial charge in [0.1, 0.15) is 18.3 Å². The number of fused-ring (bicyclic) bond motifs is 1. The van der Waals surface area contributed by atoms with Gasteiger partial charge in [0.2, 0.25) is 5.91 Å². The highest BCUT2D eigenvalue weighted by Gasteiger charge is 2.30. The molecule has 0 aliphatic carbocycles. The largest absolute Gasteiger partial charge is 0.492 e. The smallest absolute Gasteiger partial charge is 0.335 e. The van der Waals surface area contributed by atoms with Crippen LogP contribution in [0.2, 0.25) is 0 Å². The molecule has 5 heteroatoms. The molecule has 1 aliphatic heterocycles. The molecule has 0 saturated heterocycles. The van der Waals surface area contributed by atoms with Crippen molar-refractivity contribution in [2.45, 2.75) is 26.2 Å². The average Bonchev–Trinajstić information content (AvgIpc) is 2.98. The predicted octanol–water partition coefficient (Wildman–Crippen LogP) is 2.84. The molecule has 2 aromatic carbocycles. The van der Waals surface area contributed by atoms with Gasteiger partial charge < -0.3 is 15.2 Å². The van der Waals surface area contributed by atoms with E-state index in [1.165, 1.54) is 0 Å². The molecule has 0 saturated carbocycles. The summed E-state index contributed by atoms with van der Waals surface area (Å²) in [6, 6.07) is 10.8. The average molecular weight is 339 g/mol. The Hall–Kier alpha value is -2.82. The summed E-state index contributed by atoms with van der Waals surface area (Å²) in [4.78, 5) is 23.5. The highest BCUT2D eigenvalue weighted by molar-refractivity contribution is 5.87. The SMILES string of the molecule is Cc1cc2c(cc1C)C(C(=O)NCCc1cccc(C(=O)O)c1)CO2. The Labute approximate surface area is 146 Å². The van der Waals surface area contributed by atoms with E-state index in [-0.39, 0.29) is 17.4 Å². The van der Waals surface area contributed by atoms with Crippen LogP contribution in [0.25, 0.3) is 0 Å². The fraction of sp³-hybridized carbons (Fsp3) is 0.300. The van der Waals surface area contributed by atoms with Crippen LogP contribution in [0.1, 0.15) is 38.5 Å². The molecule has 1 amide bonds. The van der Waals surface area contributed by atoms with Gasteiger partial charge in [-0.05, 0) is 55.2 Å². The molecule has 130 valence electrons. The topological polar surface area (TPSA) is 75.6 Å². The second kappa shape index (κ2) is 6.97. The molecule has 0 bridgehead atoms. The standard InChI is InChI=1S/C20H21NO4/c1-12-8-16-17(11-25-18(16)9-13(12)2)19(22)21-7-6-14-4-3-5-15(10-14)20(23)24/h3-5,8-10,17H,6-7,11H2,1-2H3,(H,21,22)(H,23,24). The van der Waals surface area contributed by atoms with E-state index in [1.807, 2.05) is 32.0 Å². The lowest BCUT2D eigenvalue weighted by molar-refractivity contribution is -0.122. The molecule has 3 rings (SSSR count). The maximum Gasteiger partial charge on any atom is 0.335 e. The fourth-order valence-corrected chi connectivity index (χ4v) is 3.00. The molecule has 0 spiro atoms. The minimum atomic E-state index is -0.948. The van der Waals surface area contributed by atoms with Crippen LogP contribution in [0.15, 0.2) is 36.4 Å². The minimum Gasteiger partial charge on any atom is -0.492 e. The zero-order valence-corrected chi connectivity index (χ0v) is 14.3. The molecule has 1 heterocycles. The van der Waals surface area contributed by atoms with Crippen molar-refractivity contribution >= 4 is 11.9 Å². The summed E-state index contributed by atoms with van der Waals surface area (Å²) in [7, 11) is 0. The number of carbonyl (C=O) groups excluding carboxylic acids is 1. The van der Waals surface area contributed by atoms with Crippen molar-refractivity contribution in [2.24, 2.45) is 0 Å². The Bertz CT molecular complexity index is 828. The number of benzene rings is 2. The van der Waals surface area contributed by atoms with Gasteiger partial charge >= 0.3 is 5.97 Å². The van der Waals surface area contributed by atoms with Gasteiger partial charge in [-0.1, -0.05) is 18.2 Å². The summed E-state index contributed by atoms with van der Waals surface area (Å²) >= 11 is 0. The number of carboxylic acids is 1. The van der Waals surface area contributed by atoms with Crippen molar-refractivity contribution in [3.63, 3.8) is 0 Å². The molecule has 1 aliphatic rings. The summed E-state index contributed by atoms with van der Waals surface area (Å²) in [6.07, 6.45) is 0.584. The van der Waals surface area contributed by atoms with E-state index in [1.54, 1.807) is 18.2 Å². The molecule has 2 aromatic rings. The number of carboxylic acid groups (broad SMARTS) is 1. The van der Waals surface area contributed by atoms with Crippen molar-refractivity contribution in [3.8, 4) is 5.75 Å². The van der Waals surface area contributed by atoms with Gasteiger partial charge in [-0.2, -0.15) is 0 Å². The van der Waals surface area contributed by atoms with Gasteiger partial charge in [0.25, 0.3) is 0 Å². The molecule has 0 aromatic heterocycles. The van der Waals surface area contributed by atoms with E-state index < -0.39 is 5.97 Å². The summed E-state index contributed by atoms with van der Waals surface area (Å²) in [5.74, 6) is -0.510. The summed E-state index contributed by atoms with van der Waals surface area (Å²) < 4.78 is 5.65. The van der Waals surface area contributed by atoms with Crippen LogP contribution in [0, 0.1) is 13.8 Å². The zero-order chi connectivity index (χ0) is 18.0. The Balaban J connectivity index is 1.61.